The molecule has 2 aromatic rings. The number of ketones is 1. The molecule has 0 saturated carbocycles. The molecule has 2 rings (SSSR count). The van der Waals surface area contributed by atoms with Crippen molar-refractivity contribution < 1.29 is 22.7 Å². The van der Waals surface area contributed by atoms with Crippen LogP contribution in [0.1, 0.15) is 31.1 Å². The molecular formula is C20H26N4O7S. The summed E-state index contributed by atoms with van der Waals surface area (Å²) in [6, 6.07) is 6.11. The fourth-order valence-corrected chi connectivity index (χ4v) is 4.08. The van der Waals surface area contributed by atoms with Crippen molar-refractivity contribution in [3.63, 3.8) is 0 Å². The number of nitrogens with two attached hydrogens (primary N) is 1. The first-order chi connectivity index (χ1) is 14.9. The molecule has 0 aliphatic heterocycles. The molecule has 0 bridgehead atoms. The van der Waals surface area contributed by atoms with Crippen LogP contribution in [-0.4, -0.2) is 42.0 Å². The highest BCUT2D eigenvalue weighted by Gasteiger charge is 2.26. The molecule has 11 nitrogen and oxygen atoms in total. The number of sulfonamides is 1. The SMILES string of the molecule is CC(C)Cn1c(N)c(C(=O)COC(=O)[C@H](C)NS(=O)(=O)c2ccccc2)c(=O)n(C)c1=O. The van der Waals surface area contributed by atoms with Crippen LogP contribution < -0.4 is 21.7 Å². The maximum Gasteiger partial charge on any atom is 0.332 e. The number of nitrogens with one attached hydrogen (secondary N) is 1. The Bertz CT molecular complexity index is 1230. The van der Waals surface area contributed by atoms with Gasteiger partial charge in [-0.15, -0.1) is 0 Å². The van der Waals surface area contributed by atoms with Gasteiger partial charge in [-0.25, -0.2) is 13.2 Å². The molecule has 0 unspecified atom stereocenters. The molecule has 1 aromatic carbocycles. The molecule has 0 aliphatic rings. The number of nitrogens with zero attached hydrogens (tertiary/aromatic N) is 2. The van der Waals surface area contributed by atoms with Crippen molar-refractivity contribution in [1.82, 2.24) is 13.9 Å². The summed E-state index contributed by atoms with van der Waals surface area (Å²) >= 11 is 0. The van der Waals surface area contributed by atoms with E-state index >= 15 is 0 Å². The van der Waals surface area contributed by atoms with Crippen LogP contribution in [0.25, 0.3) is 0 Å². The second-order valence-corrected chi connectivity index (χ2v) is 9.31. The lowest BCUT2D eigenvalue weighted by Crippen LogP contribution is -2.44. The largest absolute Gasteiger partial charge is 0.456 e. The van der Waals surface area contributed by atoms with Gasteiger partial charge in [-0.3, -0.25) is 23.5 Å². The van der Waals surface area contributed by atoms with Gasteiger partial charge in [-0.2, -0.15) is 4.72 Å². The summed E-state index contributed by atoms with van der Waals surface area (Å²) in [7, 11) is -2.77. The molecule has 0 fully saturated rings. The predicted molar refractivity (Wildman–Crippen MR) is 117 cm³/mol. The van der Waals surface area contributed by atoms with E-state index in [1.807, 2.05) is 13.8 Å². The molecule has 0 radical (unpaired) electrons. The number of esters is 1. The smallest absolute Gasteiger partial charge is 0.332 e. The number of ether oxygens (including phenoxy) is 1. The Labute approximate surface area is 184 Å². The maximum absolute atomic E-state index is 12.6. The summed E-state index contributed by atoms with van der Waals surface area (Å²) in [5.41, 5.74) is 3.86. The third-order valence-corrected chi connectivity index (χ3v) is 6.05. The monoisotopic (exact) mass is 466 g/mol. The minimum Gasteiger partial charge on any atom is -0.456 e. The van der Waals surface area contributed by atoms with Crippen molar-refractivity contribution in [2.45, 2.75) is 38.3 Å². The number of hydrogen-bond donors (Lipinski definition) is 2. The van der Waals surface area contributed by atoms with E-state index in [2.05, 4.69) is 4.72 Å². The molecule has 3 N–H and O–H groups in total. The predicted octanol–water partition coefficient (Wildman–Crippen LogP) is -0.122. The molecule has 0 amide bonds. The van der Waals surface area contributed by atoms with E-state index in [9.17, 15) is 27.6 Å². The highest BCUT2D eigenvalue weighted by Crippen LogP contribution is 2.10. The lowest BCUT2D eigenvalue weighted by molar-refractivity contribution is -0.144. The topological polar surface area (TPSA) is 160 Å². The number of carbonyl (C=O) groups excluding carboxylic acids is 2. The average molecular weight is 467 g/mol. The molecule has 0 saturated heterocycles. The number of benzene rings is 1. The third kappa shape index (κ3) is 5.51. The van der Waals surface area contributed by atoms with Crippen molar-refractivity contribution in [3.8, 4) is 0 Å². The zero-order chi connectivity index (χ0) is 24.2. The van der Waals surface area contributed by atoms with E-state index in [-0.39, 0.29) is 23.2 Å². The molecule has 12 heteroatoms. The van der Waals surface area contributed by atoms with Gasteiger partial charge in [0.05, 0.1) is 4.90 Å². The van der Waals surface area contributed by atoms with Crippen LogP contribution in [-0.2, 0) is 33.1 Å². The quantitative estimate of drug-likeness (QED) is 0.382. The number of anilines is 1. The zero-order valence-electron chi connectivity index (χ0n) is 18.2. The van der Waals surface area contributed by atoms with Gasteiger partial charge in [0, 0.05) is 13.6 Å². The summed E-state index contributed by atoms with van der Waals surface area (Å²) in [6.45, 7) is 4.24. The van der Waals surface area contributed by atoms with E-state index in [1.165, 1.54) is 38.2 Å². The second-order valence-electron chi connectivity index (χ2n) is 7.60. The van der Waals surface area contributed by atoms with Crippen LogP contribution in [0.15, 0.2) is 44.8 Å². The Morgan fingerprint density at radius 1 is 1.12 bits per heavy atom. The van der Waals surface area contributed by atoms with Gasteiger partial charge in [0.15, 0.2) is 6.61 Å². The van der Waals surface area contributed by atoms with Crippen LogP contribution in [0.5, 0.6) is 0 Å². The van der Waals surface area contributed by atoms with Crippen LogP contribution in [0.4, 0.5) is 5.82 Å². The minimum atomic E-state index is -3.98. The lowest BCUT2D eigenvalue weighted by Gasteiger charge is -2.16. The van der Waals surface area contributed by atoms with E-state index in [4.69, 9.17) is 10.5 Å². The summed E-state index contributed by atoms with van der Waals surface area (Å²) in [6.07, 6.45) is 0. The number of Topliss-reactive ketones (excluding diaryl/α,β-unsaturated/α-hetero) is 1. The Kier molecular flexibility index (Phi) is 7.75. The Balaban J connectivity index is 2.17. The molecule has 1 aromatic heterocycles. The normalized spacial score (nSPS) is 12.5. The first kappa shape index (κ1) is 25.0. The number of nitrogen functional groups attached to an aromatic ring is 1. The second kappa shape index (κ2) is 9.92. The molecule has 32 heavy (non-hydrogen) atoms. The van der Waals surface area contributed by atoms with Crippen LogP contribution in [0, 0.1) is 5.92 Å². The average Bonchev–Trinajstić information content (AvgIpc) is 2.73. The van der Waals surface area contributed by atoms with Crippen LogP contribution >= 0.6 is 0 Å². The molecular weight excluding hydrogens is 440 g/mol. The van der Waals surface area contributed by atoms with Crippen LogP contribution in [0.2, 0.25) is 0 Å². The fourth-order valence-electron chi connectivity index (χ4n) is 2.87. The standard InChI is InChI=1S/C20H26N4O7S/c1-12(2)10-24-17(21)16(18(26)23(4)20(24)28)15(25)11-31-19(27)13(3)22-32(29,30)14-8-6-5-7-9-14/h5-9,12-13,22H,10-11,21H2,1-4H3/t13-/m0/s1. The highest BCUT2D eigenvalue weighted by molar-refractivity contribution is 7.89. The highest BCUT2D eigenvalue weighted by atomic mass is 32.2. The van der Waals surface area contributed by atoms with Crippen molar-refractivity contribution in [3.05, 3.63) is 56.7 Å². The van der Waals surface area contributed by atoms with Gasteiger partial charge >= 0.3 is 11.7 Å². The minimum absolute atomic E-state index is 0.00627. The lowest BCUT2D eigenvalue weighted by atomic mass is 10.1. The Hall–Kier alpha value is -3.25. The molecule has 0 aliphatic carbocycles. The fraction of sp³-hybridized carbons (Fsp3) is 0.400. The number of aromatic nitrogens is 2. The summed E-state index contributed by atoms with van der Waals surface area (Å²) in [5, 5.41) is 0. The molecule has 1 heterocycles. The Morgan fingerprint density at radius 3 is 2.28 bits per heavy atom. The summed E-state index contributed by atoms with van der Waals surface area (Å²) in [4.78, 5) is 49.5. The van der Waals surface area contributed by atoms with Gasteiger partial charge < -0.3 is 10.5 Å². The van der Waals surface area contributed by atoms with Crippen molar-refractivity contribution in [2.75, 3.05) is 12.3 Å². The van der Waals surface area contributed by atoms with Crippen molar-refractivity contribution in [1.29, 1.82) is 0 Å². The van der Waals surface area contributed by atoms with Gasteiger partial charge in [-0.05, 0) is 25.0 Å². The number of carbonyl (C=O) groups is 2. The van der Waals surface area contributed by atoms with E-state index in [0.29, 0.717) is 0 Å². The van der Waals surface area contributed by atoms with E-state index in [0.717, 1.165) is 9.13 Å². The van der Waals surface area contributed by atoms with Crippen LogP contribution in [0.3, 0.4) is 0 Å². The van der Waals surface area contributed by atoms with E-state index in [1.54, 1.807) is 6.07 Å². The number of hydrogen-bond acceptors (Lipinski definition) is 8. The molecule has 0 spiro atoms. The molecule has 1 atom stereocenters. The first-order valence-electron chi connectivity index (χ1n) is 9.73. The van der Waals surface area contributed by atoms with Gasteiger partial charge in [0.25, 0.3) is 5.56 Å². The van der Waals surface area contributed by atoms with Crippen molar-refractivity contribution in [2.24, 2.45) is 13.0 Å². The van der Waals surface area contributed by atoms with E-state index < -0.39 is 51.2 Å². The van der Waals surface area contributed by atoms with Gasteiger partial charge in [-0.1, -0.05) is 32.0 Å². The Morgan fingerprint density at radius 2 is 1.72 bits per heavy atom. The molecule has 174 valence electrons. The first-order valence-corrected chi connectivity index (χ1v) is 11.2. The van der Waals surface area contributed by atoms with Gasteiger partial charge in [0.1, 0.15) is 17.4 Å². The number of rotatable bonds is 9. The van der Waals surface area contributed by atoms with Gasteiger partial charge in [0.2, 0.25) is 15.8 Å². The zero-order valence-corrected chi connectivity index (χ0v) is 19.0. The maximum atomic E-state index is 12.6. The third-order valence-electron chi connectivity index (χ3n) is 4.49. The summed E-state index contributed by atoms with van der Waals surface area (Å²) in [5.74, 6) is -2.24. The van der Waals surface area contributed by atoms with Crippen molar-refractivity contribution >= 4 is 27.6 Å². The summed E-state index contributed by atoms with van der Waals surface area (Å²) < 4.78 is 33.5.